The summed E-state index contributed by atoms with van der Waals surface area (Å²) in [7, 11) is 0. The van der Waals surface area contributed by atoms with Crippen LogP contribution in [-0.2, 0) is 18.0 Å². The average molecular weight is 385 g/mol. The van der Waals surface area contributed by atoms with Gasteiger partial charge < -0.3 is 14.6 Å². The number of rotatable bonds is 7. The minimum atomic E-state index is -1.08. The number of benzene rings is 3. The van der Waals surface area contributed by atoms with Crippen LogP contribution >= 0.6 is 0 Å². The van der Waals surface area contributed by atoms with Crippen molar-refractivity contribution in [3.05, 3.63) is 102 Å². The van der Waals surface area contributed by atoms with Crippen molar-refractivity contribution in [3.63, 3.8) is 0 Å². The van der Waals surface area contributed by atoms with E-state index in [9.17, 15) is 9.90 Å². The fourth-order valence-electron chi connectivity index (χ4n) is 3.11. The number of hydrogen-bond donors (Lipinski definition) is 1. The standard InChI is InChI=1S/C24H19NO4/c26-24(27)23-22(16-28-15-17-7-3-1-4-8-17)21-13-20(12-11-18(21)14-25-23)29-19-9-5-2-6-10-19/h1-14H,15-16H2,(H,26,27). The summed E-state index contributed by atoms with van der Waals surface area (Å²) in [5, 5.41) is 11.2. The SMILES string of the molecule is O=C(O)c1ncc2ccc(Oc3ccccc3)cc2c1COCc1ccccc1. The largest absolute Gasteiger partial charge is 0.477 e. The van der Waals surface area contributed by atoms with E-state index in [0.717, 1.165) is 16.3 Å². The molecule has 0 aliphatic heterocycles. The van der Waals surface area contributed by atoms with E-state index in [1.807, 2.05) is 78.9 Å². The van der Waals surface area contributed by atoms with Crippen LogP contribution in [0, 0.1) is 0 Å². The van der Waals surface area contributed by atoms with Gasteiger partial charge in [-0.25, -0.2) is 9.78 Å². The van der Waals surface area contributed by atoms with E-state index >= 15 is 0 Å². The molecule has 4 rings (SSSR count). The summed E-state index contributed by atoms with van der Waals surface area (Å²) < 4.78 is 11.7. The third-order valence-electron chi connectivity index (χ3n) is 4.51. The highest BCUT2D eigenvalue weighted by molar-refractivity contribution is 5.96. The molecule has 1 heterocycles. The molecular weight excluding hydrogens is 366 g/mol. The molecule has 3 aromatic carbocycles. The molecule has 4 aromatic rings. The summed E-state index contributed by atoms with van der Waals surface area (Å²) in [6, 6.07) is 24.7. The molecular formula is C24H19NO4. The van der Waals surface area contributed by atoms with Crippen LogP contribution in [0.25, 0.3) is 10.8 Å². The lowest BCUT2D eigenvalue weighted by Gasteiger charge is -2.12. The maximum absolute atomic E-state index is 11.7. The number of pyridine rings is 1. The predicted molar refractivity (Wildman–Crippen MR) is 110 cm³/mol. The van der Waals surface area contributed by atoms with Gasteiger partial charge in [-0.15, -0.1) is 0 Å². The van der Waals surface area contributed by atoms with Gasteiger partial charge in [0, 0.05) is 17.1 Å². The van der Waals surface area contributed by atoms with Gasteiger partial charge in [-0.2, -0.15) is 0 Å². The lowest BCUT2D eigenvalue weighted by molar-refractivity contribution is 0.0677. The van der Waals surface area contributed by atoms with Crippen LogP contribution < -0.4 is 4.74 Å². The van der Waals surface area contributed by atoms with Crippen LogP contribution in [-0.4, -0.2) is 16.1 Å². The molecule has 0 unspecified atom stereocenters. The lowest BCUT2D eigenvalue weighted by Crippen LogP contribution is -2.08. The highest BCUT2D eigenvalue weighted by Gasteiger charge is 2.16. The molecule has 0 amide bonds. The number of ether oxygens (including phenoxy) is 2. The highest BCUT2D eigenvalue weighted by Crippen LogP contribution is 2.29. The Morgan fingerprint density at radius 3 is 2.31 bits per heavy atom. The van der Waals surface area contributed by atoms with Crippen LogP contribution in [0.2, 0.25) is 0 Å². The molecule has 0 aliphatic rings. The number of fused-ring (bicyclic) bond motifs is 1. The molecule has 144 valence electrons. The summed E-state index contributed by atoms with van der Waals surface area (Å²) in [4.78, 5) is 15.9. The first-order valence-electron chi connectivity index (χ1n) is 9.20. The third-order valence-corrected chi connectivity index (χ3v) is 4.51. The third kappa shape index (κ3) is 4.42. The van der Waals surface area contributed by atoms with Crippen LogP contribution in [0.15, 0.2) is 85.1 Å². The second-order valence-electron chi connectivity index (χ2n) is 6.53. The van der Waals surface area contributed by atoms with E-state index in [4.69, 9.17) is 9.47 Å². The monoisotopic (exact) mass is 385 g/mol. The van der Waals surface area contributed by atoms with E-state index < -0.39 is 5.97 Å². The Kier molecular flexibility index (Phi) is 5.49. The normalized spacial score (nSPS) is 10.8. The maximum Gasteiger partial charge on any atom is 0.354 e. The summed E-state index contributed by atoms with van der Waals surface area (Å²) in [6.45, 7) is 0.520. The van der Waals surface area contributed by atoms with Crippen molar-refractivity contribution < 1.29 is 19.4 Å². The van der Waals surface area contributed by atoms with Crippen molar-refractivity contribution in [2.24, 2.45) is 0 Å². The summed E-state index contributed by atoms with van der Waals surface area (Å²) in [5.41, 5.74) is 1.54. The molecule has 5 heteroatoms. The van der Waals surface area contributed by atoms with Gasteiger partial charge in [0.25, 0.3) is 0 Å². The summed E-state index contributed by atoms with van der Waals surface area (Å²) in [6.07, 6.45) is 1.56. The first kappa shape index (κ1) is 18.7. The fraction of sp³-hybridized carbons (Fsp3) is 0.0833. The van der Waals surface area contributed by atoms with E-state index in [2.05, 4.69) is 4.98 Å². The number of para-hydroxylation sites is 1. The second kappa shape index (κ2) is 8.54. The van der Waals surface area contributed by atoms with Gasteiger partial charge in [0.05, 0.1) is 13.2 Å². The van der Waals surface area contributed by atoms with Gasteiger partial charge in [-0.05, 0) is 41.3 Å². The van der Waals surface area contributed by atoms with Crippen molar-refractivity contribution in [1.82, 2.24) is 4.98 Å². The number of nitrogens with zero attached hydrogens (tertiary/aromatic N) is 1. The number of aromatic carboxylic acids is 1. The molecule has 0 fully saturated rings. The van der Waals surface area contributed by atoms with Crippen molar-refractivity contribution in [3.8, 4) is 11.5 Å². The average Bonchev–Trinajstić information content (AvgIpc) is 2.75. The molecule has 0 aliphatic carbocycles. The molecule has 0 saturated carbocycles. The molecule has 0 spiro atoms. The minimum absolute atomic E-state index is 0.0116. The molecule has 5 nitrogen and oxygen atoms in total. The summed E-state index contributed by atoms with van der Waals surface area (Å²) >= 11 is 0. The van der Waals surface area contributed by atoms with Gasteiger partial charge in [0.2, 0.25) is 0 Å². The fourth-order valence-corrected chi connectivity index (χ4v) is 3.11. The molecule has 29 heavy (non-hydrogen) atoms. The Labute approximate surface area is 168 Å². The Morgan fingerprint density at radius 1 is 0.862 bits per heavy atom. The van der Waals surface area contributed by atoms with Crippen molar-refractivity contribution >= 4 is 16.7 Å². The van der Waals surface area contributed by atoms with Crippen LogP contribution in [0.5, 0.6) is 11.5 Å². The van der Waals surface area contributed by atoms with Crippen LogP contribution in [0.3, 0.4) is 0 Å². The maximum atomic E-state index is 11.7. The number of carboxylic acid groups (broad SMARTS) is 1. The Morgan fingerprint density at radius 2 is 1.59 bits per heavy atom. The molecule has 0 bridgehead atoms. The Hall–Kier alpha value is -3.70. The Balaban J connectivity index is 1.66. The molecule has 0 radical (unpaired) electrons. The highest BCUT2D eigenvalue weighted by atomic mass is 16.5. The van der Waals surface area contributed by atoms with E-state index in [0.29, 0.717) is 23.7 Å². The van der Waals surface area contributed by atoms with Crippen LogP contribution in [0.1, 0.15) is 21.6 Å². The van der Waals surface area contributed by atoms with Crippen molar-refractivity contribution in [2.75, 3.05) is 0 Å². The zero-order valence-electron chi connectivity index (χ0n) is 15.6. The zero-order chi connectivity index (χ0) is 20.1. The van der Waals surface area contributed by atoms with Crippen molar-refractivity contribution in [1.29, 1.82) is 0 Å². The lowest BCUT2D eigenvalue weighted by atomic mass is 10.0. The molecule has 1 N–H and O–H groups in total. The number of carboxylic acids is 1. The first-order valence-corrected chi connectivity index (χ1v) is 9.20. The predicted octanol–water partition coefficient (Wildman–Crippen LogP) is 5.44. The molecule has 1 aromatic heterocycles. The van der Waals surface area contributed by atoms with Gasteiger partial charge in [0.1, 0.15) is 11.5 Å². The smallest absolute Gasteiger partial charge is 0.354 e. The molecule has 0 saturated heterocycles. The van der Waals surface area contributed by atoms with Gasteiger partial charge in [0.15, 0.2) is 5.69 Å². The zero-order valence-corrected chi connectivity index (χ0v) is 15.6. The number of aromatic nitrogens is 1. The topological polar surface area (TPSA) is 68.7 Å². The summed E-state index contributed by atoms with van der Waals surface area (Å²) in [5.74, 6) is 0.247. The number of carbonyl (C=O) groups is 1. The Bertz CT molecular complexity index is 1130. The van der Waals surface area contributed by atoms with E-state index in [1.165, 1.54) is 0 Å². The van der Waals surface area contributed by atoms with E-state index in [-0.39, 0.29) is 12.3 Å². The van der Waals surface area contributed by atoms with Crippen LogP contribution in [0.4, 0.5) is 0 Å². The first-order chi connectivity index (χ1) is 14.2. The van der Waals surface area contributed by atoms with E-state index in [1.54, 1.807) is 6.20 Å². The second-order valence-corrected chi connectivity index (χ2v) is 6.53. The quantitative estimate of drug-likeness (QED) is 0.459. The van der Waals surface area contributed by atoms with Gasteiger partial charge in [-0.3, -0.25) is 0 Å². The van der Waals surface area contributed by atoms with Crippen molar-refractivity contribution in [2.45, 2.75) is 13.2 Å². The minimum Gasteiger partial charge on any atom is -0.477 e. The number of hydrogen-bond acceptors (Lipinski definition) is 4. The van der Waals surface area contributed by atoms with Gasteiger partial charge in [-0.1, -0.05) is 48.5 Å². The van der Waals surface area contributed by atoms with Gasteiger partial charge >= 0.3 is 5.97 Å². The molecule has 0 atom stereocenters.